The number of hydrogen-bond donors (Lipinski definition) is 0. The maximum absolute atomic E-state index is 11.3. The van der Waals surface area contributed by atoms with Crippen LogP contribution in [0.25, 0.3) is 0 Å². The molecule has 0 aromatic heterocycles. The summed E-state index contributed by atoms with van der Waals surface area (Å²) in [7, 11) is 2.02. The second-order valence-electron chi connectivity index (χ2n) is 4.37. The summed E-state index contributed by atoms with van der Waals surface area (Å²) in [5.41, 5.74) is -0.249. The second kappa shape index (κ2) is 6.14. The molecule has 0 radical (unpaired) electrons. The highest BCUT2D eigenvalue weighted by Crippen LogP contribution is 2.17. The quantitative estimate of drug-likeness (QED) is 0.586. The molecule has 0 saturated heterocycles. The largest absolute Gasteiger partial charge is 0.380 e. The van der Waals surface area contributed by atoms with Crippen molar-refractivity contribution in [2.45, 2.75) is 27.7 Å². The minimum atomic E-state index is -0.249. The van der Waals surface area contributed by atoms with E-state index in [0.717, 1.165) is 26.3 Å². The van der Waals surface area contributed by atoms with E-state index in [-0.39, 0.29) is 11.2 Å². The van der Waals surface area contributed by atoms with Gasteiger partial charge < -0.3 is 9.64 Å². The van der Waals surface area contributed by atoms with Crippen LogP contribution in [-0.4, -0.2) is 44.0 Å². The van der Waals surface area contributed by atoms with E-state index in [1.807, 2.05) is 27.8 Å². The molecule has 0 saturated carbocycles. The number of hydrogen-bond acceptors (Lipinski definition) is 3. The molecule has 0 fully saturated rings. The number of ketones is 1. The smallest absolute Gasteiger partial charge is 0.136 e. The molecular formula is C11H23NO2. The first-order valence-corrected chi connectivity index (χ1v) is 5.17. The average Bonchev–Trinajstić information content (AvgIpc) is 2.03. The highest BCUT2D eigenvalue weighted by atomic mass is 16.5. The highest BCUT2D eigenvalue weighted by Gasteiger charge is 2.24. The van der Waals surface area contributed by atoms with Crippen molar-refractivity contribution in [2.24, 2.45) is 5.41 Å². The molecule has 3 nitrogen and oxygen atoms in total. The zero-order valence-electron chi connectivity index (χ0n) is 10.1. The fourth-order valence-corrected chi connectivity index (χ4v) is 1.23. The Morgan fingerprint density at radius 2 is 2.00 bits per heavy atom. The predicted octanol–water partition coefficient (Wildman–Crippen LogP) is 1.57. The number of Topliss-reactive ketones (excluding diaryl/α,β-unsaturated/α-hetero) is 1. The van der Waals surface area contributed by atoms with Crippen LogP contribution >= 0.6 is 0 Å². The lowest BCUT2D eigenvalue weighted by Crippen LogP contribution is -2.37. The van der Waals surface area contributed by atoms with Crippen molar-refractivity contribution >= 4 is 5.78 Å². The van der Waals surface area contributed by atoms with Crippen LogP contribution in [0.3, 0.4) is 0 Å². The Hall–Kier alpha value is -0.410. The number of rotatable bonds is 7. The van der Waals surface area contributed by atoms with Crippen molar-refractivity contribution in [3.8, 4) is 0 Å². The molecule has 84 valence electrons. The topological polar surface area (TPSA) is 29.5 Å². The molecule has 0 heterocycles. The summed E-state index contributed by atoms with van der Waals surface area (Å²) in [6.45, 7) is 10.7. The first-order valence-electron chi connectivity index (χ1n) is 5.17. The number of carbonyl (C=O) groups is 1. The maximum Gasteiger partial charge on any atom is 0.136 e. The van der Waals surface area contributed by atoms with Gasteiger partial charge in [0.25, 0.3) is 0 Å². The standard InChI is InChI=1S/C11H23NO2/c1-6-14-8-7-12(5)9-11(3,4)10(2)13/h6-9H2,1-5H3. The van der Waals surface area contributed by atoms with Crippen molar-refractivity contribution in [2.75, 3.05) is 33.4 Å². The summed E-state index contributed by atoms with van der Waals surface area (Å²) in [4.78, 5) is 13.4. The van der Waals surface area contributed by atoms with E-state index >= 15 is 0 Å². The van der Waals surface area contributed by atoms with Crippen molar-refractivity contribution in [1.29, 1.82) is 0 Å². The lowest BCUT2D eigenvalue weighted by molar-refractivity contribution is -0.125. The summed E-state index contributed by atoms with van der Waals surface area (Å²) in [5, 5.41) is 0. The van der Waals surface area contributed by atoms with Gasteiger partial charge >= 0.3 is 0 Å². The Balaban J connectivity index is 3.81. The van der Waals surface area contributed by atoms with Crippen LogP contribution in [-0.2, 0) is 9.53 Å². The molecule has 0 amide bonds. The monoisotopic (exact) mass is 201 g/mol. The van der Waals surface area contributed by atoms with Crippen molar-refractivity contribution < 1.29 is 9.53 Å². The molecule has 0 rings (SSSR count). The number of ether oxygens (including phenoxy) is 1. The Kier molecular flexibility index (Phi) is 5.96. The van der Waals surface area contributed by atoms with E-state index in [1.165, 1.54) is 0 Å². The molecule has 0 atom stereocenters. The molecule has 3 heteroatoms. The van der Waals surface area contributed by atoms with Crippen LogP contribution in [0, 0.1) is 5.41 Å². The van der Waals surface area contributed by atoms with Gasteiger partial charge in [0.1, 0.15) is 5.78 Å². The van der Waals surface area contributed by atoms with Gasteiger partial charge in [-0.05, 0) is 20.9 Å². The van der Waals surface area contributed by atoms with Crippen LogP contribution < -0.4 is 0 Å². The van der Waals surface area contributed by atoms with Gasteiger partial charge in [0.15, 0.2) is 0 Å². The van der Waals surface area contributed by atoms with Gasteiger partial charge in [-0.2, -0.15) is 0 Å². The Morgan fingerprint density at radius 1 is 1.43 bits per heavy atom. The van der Waals surface area contributed by atoms with E-state index in [9.17, 15) is 4.79 Å². The zero-order chi connectivity index (χ0) is 11.2. The number of nitrogens with zero attached hydrogens (tertiary/aromatic N) is 1. The first-order chi connectivity index (χ1) is 6.40. The molecule has 0 unspecified atom stereocenters. The number of likely N-dealkylation sites (N-methyl/N-ethyl adjacent to an activating group) is 1. The van der Waals surface area contributed by atoms with Gasteiger partial charge in [-0.25, -0.2) is 0 Å². The van der Waals surface area contributed by atoms with E-state index in [4.69, 9.17) is 4.74 Å². The van der Waals surface area contributed by atoms with E-state index in [0.29, 0.717) is 0 Å². The minimum absolute atomic E-state index is 0.237. The maximum atomic E-state index is 11.3. The molecular weight excluding hydrogens is 178 g/mol. The SMILES string of the molecule is CCOCCN(C)CC(C)(C)C(C)=O. The highest BCUT2D eigenvalue weighted by molar-refractivity contribution is 5.81. The lowest BCUT2D eigenvalue weighted by Gasteiger charge is -2.27. The predicted molar refractivity (Wildman–Crippen MR) is 58.5 cm³/mol. The van der Waals surface area contributed by atoms with Crippen LogP contribution in [0.15, 0.2) is 0 Å². The third-order valence-electron chi connectivity index (χ3n) is 2.44. The van der Waals surface area contributed by atoms with Gasteiger partial charge in [-0.15, -0.1) is 0 Å². The molecule has 0 aliphatic rings. The van der Waals surface area contributed by atoms with E-state index in [2.05, 4.69) is 4.90 Å². The number of carbonyl (C=O) groups excluding carboxylic acids is 1. The summed E-state index contributed by atoms with van der Waals surface area (Å²) >= 11 is 0. The molecule has 0 aliphatic heterocycles. The molecule has 0 aromatic carbocycles. The van der Waals surface area contributed by atoms with Crippen molar-refractivity contribution in [1.82, 2.24) is 4.90 Å². The summed E-state index contributed by atoms with van der Waals surface area (Å²) in [5.74, 6) is 0.237. The van der Waals surface area contributed by atoms with E-state index < -0.39 is 0 Å². The minimum Gasteiger partial charge on any atom is -0.380 e. The molecule has 14 heavy (non-hydrogen) atoms. The average molecular weight is 201 g/mol. The van der Waals surface area contributed by atoms with E-state index in [1.54, 1.807) is 6.92 Å². The molecule has 0 spiro atoms. The summed E-state index contributed by atoms with van der Waals surface area (Å²) in [6, 6.07) is 0. The first kappa shape index (κ1) is 13.6. The van der Waals surface area contributed by atoms with Crippen molar-refractivity contribution in [3.05, 3.63) is 0 Å². The molecule has 0 bridgehead atoms. The summed E-state index contributed by atoms with van der Waals surface area (Å²) in [6.07, 6.45) is 0. The van der Waals surface area contributed by atoms with Gasteiger partial charge in [-0.3, -0.25) is 4.79 Å². The fraction of sp³-hybridized carbons (Fsp3) is 0.909. The van der Waals surface area contributed by atoms with Gasteiger partial charge in [-0.1, -0.05) is 13.8 Å². The Labute approximate surface area is 87.4 Å². The van der Waals surface area contributed by atoms with Crippen molar-refractivity contribution in [3.63, 3.8) is 0 Å². The lowest BCUT2D eigenvalue weighted by atomic mass is 9.88. The molecule has 0 N–H and O–H groups in total. The molecule has 0 aliphatic carbocycles. The second-order valence-corrected chi connectivity index (χ2v) is 4.37. The zero-order valence-corrected chi connectivity index (χ0v) is 10.1. The van der Waals surface area contributed by atoms with Crippen LogP contribution in [0.2, 0.25) is 0 Å². The Morgan fingerprint density at radius 3 is 2.43 bits per heavy atom. The third-order valence-corrected chi connectivity index (χ3v) is 2.44. The fourth-order valence-electron chi connectivity index (χ4n) is 1.23. The normalized spacial score (nSPS) is 12.1. The Bertz CT molecular complexity index is 178. The van der Waals surface area contributed by atoms with Gasteiger partial charge in [0, 0.05) is 25.1 Å². The third kappa shape index (κ3) is 5.35. The van der Waals surface area contributed by atoms with Crippen LogP contribution in [0.1, 0.15) is 27.7 Å². The molecule has 0 aromatic rings. The van der Waals surface area contributed by atoms with Gasteiger partial charge in [0.05, 0.1) is 6.61 Å². The van der Waals surface area contributed by atoms with Crippen LogP contribution in [0.4, 0.5) is 0 Å². The summed E-state index contributed by atoms with van der Waals surface area (Å²) < 4.78 is 5.25. The van der Waals surface area contributed by atoms with Gasteiger partial charge in [0.2, 0.25) is 0 Å². The van der Waals surface area contributed by atoms with Crippen LogP contribution in [0.5, 0.6) is 0 Å².